The van der Waals surface area contributed by atoms with E-state index in [1.165, 1.54) is 9.78 Å². The van der Waals surface area contributed by atoms with Gasteiger partial charge in [-0.15, -0.1) is 11.3 Å². The Labute approximate surface area is 105 Å². The molecule has 1 aromatic heterocycles. The van der Waals surface area contributed by atoms with Crippen LogP contribution in [0.5, 0.6) is 0 Å². The van der Waals surface area contributed by atoms with Crippen molar-refractivity contribution in [3.63, 3.8) is 0 Å². The summed E-state index contributed by atoms with van der Waals surface area (Å²) in [7, 11) is 1.65. The van der Waals surface area contributed by atoms with Crippen LogP contribution in [0.15, 0.2) is 6.20 Å². The van der Waals surface area contributed by atoms with Gasteiger partial charge in [0.2, 0.25) is 0 Å². The monoisotopic (exact) mass is 257 g/mol. The van der Waals surface area contributed by atoms with Crippen LogP contribution in [-0.2, 0) is 6.42 Å². The summed E-state index contributed by atoms with van der Waals surface area (Å²) in [4.78, 5) is 18.6. The van der Waals surface area contributed by atoms with E-state index in [9.17, 15) is 4.79 Å². The normalized spacial score (nSPS) is 12.2. The number of aliphatic hydroxyl groups excluding tert-OH is 1. The Kier molecular flexibility index (Phi) is 5.37. The number of likely N-dealkylation sites (N-methyl/N-ethyl adjacent to an activating group) is 1. The molecule has 0 saturated heterocycles. The highest BCUT2D eigenvalue weighted by molar-refractivity contribution is 7.11. The van der Waals surface area contributed by atoms with Crippen LogP contribution >= 0.6 is 11.3 Å². The fourth-order valence-corrected chi connectivity index (χ4v) is 2.15. The smallest absolute Gasteiger partial charge is 0.317 e. The van der Waals surface area contributed by atoms with E-state index in [1.54, 1.807) is 18.4 Å². The summed E-state index contributed by atoms with van der Waals surface area (Å²) in [5.41, 5.74) is 0. The van der Waals surface area contributed by atoms with Gasteiger partial charge in [-0.25, -0.2) is 9.78 Å². The Bertz CT molecular complexity index is 367. The first-order valence-electron chi connectivity index (χ1n) is 5.65. The molecule has 1 unspecified atom stereocenters. The van der Waals surface area contributed by atoms with Gasteiger partial charge in [0, 0.05) is 24.7 Å². The number of amides is 2. The highest BCUT2D eigenvalue weighted by Gasteiger charge is 2.15. The highest BCUT2D eigenvalue weighted by Crippen LogP contribution is 2.20. The van der Waals surface area contributed by atoms with Gasteiger partial charge in [0.15, 0.2) is 0 Å². The number of nitrogens with one attached hydrogen (secondary N) is 1. The lowest BCUT2D eigenvalue weighted by atomic mass is 10.3. The molecule has 6 heteroatoms. The fourth-order valence-electron chi connectivity index (χ4n) is 1.29. The number of aromatic nitrogens is 1. The lowest BCUT2D eigenvalue weighted by Crippen LogP contribution is -2.39. The van der Waals surface area contributed by atoms with Gasteiger partial charge in [-0.2, -0.15) is 0 Å². The van der Waals surface area contributed by atoms with E-state index in [1.807, 2.05) is 13.1 Å². The molecule has 0 aromatic carbocycles. The first-order valence-corrected chi connectivity index (χ1v) is 6.47. The molecule has 0 aliphatic heterocycles. The minimum Gasteiger partial charge on any atom is -0.395 e. The fraction of sp³-hybridized carbons (Fsp3) is 0.636. The van der Waals surface area contributed by atoms with Crippen molar-refractivity contribution in [2.45, 2.75) is 26.3 Å². The maximum Gasteiger partial charge on any atom is 0.317 e. The maximum absolute atomic E-state index is 11.7. The standard InChI is InChI=1S/C11H19N3O2S/c1-4-9-7-12-10(17-9)8(2)13-11(16)14(3)5-6-15/h7-8,15H,4-6H2,1-3H3,(H,13,16). The van der Waals surface area contributed by atoms with Gasteiger partial charge in [-0.1, -0.05) is 6.92 Å². The van der Waals surface area contributed by atoms with Crippen LogP contribution < -0.4 is 5.32 Å². The number of aryl methyl sites for hydroxylation is 1. The predicted molar refractivity (Wildman–Crippen MR) is 68.2 cm³/mol. The highest BCUT2D eigenvalue weighted by atomic mass is 32.1. The molecule has 0 spiro atoms. The van der Waals surface area contributed by atoms with E-state index in [4.69, 9.17) is 5.11 Å². The number of hydrogen-bond acceptors (Lipinski definition) is 4. The zero-order chi connectivity index (χ0) is 12.8. The number of urea groups is 1. The van der Waals surface area contributed by atoms with Gasteiger partial charge < -0.3 is 15.3 Å². The Morgan fingerprint density at radius 2 is 2.41 bits per heavy atom. The minimum absolute atomic E-state index is 0.0322. The molecule has 1 atom stereocenters. The van der Waals surface area contributed by atoms with Crippen LogP contribution in [0.3, 0.4) is 0 Å². The van der Waals surface area contributed by atoms with Crippen LogP contribution in [0.25, 0.3) is 0 Å². The van der Waals surface area contributed by atoms with Crippen molar-refractivity contribution in [2.24, 2.45) is 0 Å². The second-order valence-corrected chi connectivity index (χ2v) is 4.98. The second kappa shape index (κ2) is 6.56. The van der Waals surface area contributed by atoms with Crippen LogP contribution in [0.1, 0.15) is 29.8 Å². The summed E-state index contributed by atoms with van der Waals surface area (Å²) in [6, 6.07) is -0.297. The maximum atomic E-state index is 11.7. The molecule has 1 aromatic rings. The van der Waals surface area contributed by atoms with Crippen molar-refractivity contribution >= 4 is 17.4 Å². The van der Waals surface area contributed by atoms with E-state index in [-0.39, 0.29) is 18.7 Å². The van der Waals surface area contributed by atoms with Gasteiger partial charge in [0.25, 0.3) is 0 Å². The first-order chi connectivity index (χ1) is 8.08. The summed E-state index contributed by atoms with van der Waals surface area (Å²) in [6.07, 6.45) is 2.81. The number of rotatable bonds is 5. The SMILES string of the molecule is CCc1cnc(C(C)NC(=O)N(C)CCO)s1. The summed E-state index contributed by atoms with van der Waals surface area (Å²) in [5.74, 6) is 0. The summed E-state index contributed by atoms with van der Waals surface area (Å²) in [6.45, 7) is 4.28. The van der Waals surface area contributed by atoms with Crippen LogP contribution in [0.2, 0.25) is 0 Å². The van der Waals surface area contributed by atoms with E-state index in [2.05, 4.69) is 17.2 Å². The average molecular weight is 257 g/mol. The quantitative estimate of drug-likeness (QED) is 0.838. The van der Waals surface area contributed by atoms with Crippen molar-refractivity contribution < 1.29 is 9.90 Å². The zero-order valence-corrected chi connectivity index (χ0v) is 11.3. The van der Waals surface area contributed by atoms with E-state index >= 15 is 0 Å². The van der Waals surface area contributed by atoms with Crippen molar-refractivity contribution in [3.8, 4) is 0 Å². The van der Waals surface area contributed by atoms with E-state index < -0.39 is 0 Å². The van der Waals surface area contributed by atoms with Gasteiger partial charge in [-0.3, -0.25) is 0 Å². The first kappa shape index (κ1) is 13.9. The molecule has 0 saturated carbocycles. The molecule has 0 fully saturated rings. The molecular weight excluding hydrogens is 238 g/mol. The number of carbonyl (C=O) groups is 1. The second-order valence-electron chi connectivity index (χ2n) is 3.83. The summed E-state index contributed by atoms with van der Waals surface area (Å²) < 4.78 is 0. The molecule has 0 aliphatic rings. The third-order valence-electron chi connectivity index (χ3n) is 2.41. The molecule has 0 bridgehead atoms. The van der Waals surface area contributed by atoms with E-state index in [0.717, 1.165) is 11.4 Å². The number of carbonyl (C=O) groups excluding carboxylic acids is 1. The molecule has 0 aliphatic carbocycles. The van der Waals surface area contributed by atoms with Gasteiger partial charge in [0.1, 0.15) is 5.01 Å². The van der Waals surface area contributed by atoms with Gasteiger partial charge in [0.05, 0.1) is 12.6 Å². The average Bonchev–Trinajstić information content (AvgIpc) is 2.77. The summed E-state index contributed by atoms with van der Waals surface area (Å²) in [5, 5.41) is 12.5. The van der Waals surface area contributed by atoms with Crippen molar-refractivity contribution in [1.29, 1.82) is 0 Å². The van der Waals surface area contributed by atoms with Crippen LogP contribution in [-0.4, -0.2) is 41.2 Å². The molecule has 2 N–H and O–H groups in total. The molecule has 0 radical (unpaired) electrons. The van der Waals surface area contributed by atoms with Crippen LogP contribution in [0, 0.1) is 0 Å². The summed E-state index contributed by atoms with van der Waals surface area (Å²) >= 11 is 1.61. The Morgan fingerprint density at radius 3 is 2.94 bits per heavy atom. The molecule has 1 heterocycles. The van der Waals surface area contributed by atoms with Gasteiger partial charge in [-0.05, 0) is 13.3 Å². The largest absolute Gasteiger partial charge is 0.395 e. The molecular formula is C11H19N3O2S. The molecule has 2 amide bonds. The van der Waals surface area contributed by atoms with Crippen molar-refractivity contribution in [3.05, 3.63) is 16.1 Å². The van der Waals surface area contributed by atoms with Crippen molar-refractivity contribution in [2.75, 3.05) is 20.2 Å². The number of nitrogens with zero attached hydrogens (tertiary/aromatic N) is 2. The Balaban J connectivity index is 2.53. The van der Waals surface area contributed by atoms with E-state index in [0.29, 0.717) is 6.54 Å². The van der Waals surface area contributed by atoms with Crippen molar-refractivity contribution in [1.82, 2.24) is 15.2 Å². The lowest BCUT2D eigenvalue weighted by molar-refractivity contribution is 0.188. The van der Waals surface area contributed by atoms with Crippen LogP contribution in [0.4, 0.5) is 4.79 Å². The lowest BCUT2D eigenvalue weighted by Gasteiger charge is -2.19. The predicted octanol–water partition coefficient (Wildman–Crippen LogP) is 1.40. The third-order valence-corrected chi connectivity index (χ3v) is 3.74. The third kappa shape index (κ3) is 3.98. The Morgan fingerprint density at radius 1 is 1.71 bits per heavy atom. The zero-order valence-electron chi connectivity index (χ0n) is 10.4. The minimum atomic E-state index is -0.195. The molecule has 17 heavy (non-hydrogen) atoms. The number of hydrogen-bond donors (Lipinski definition) is 2. The molecule has 1 rings (SSSR count). The molecule has 96 valence electrons. The molecule has 5 nitrogen and oxygen atoms in total. The Hall–Kier alpha value is -1.14. The van der Waals surface area contributed by atoms with Gasteiger partial charge >= 0.3 is 6.03 Å². The topological polar surface area (TPSA) is 65.5 Å². The number of thiazole rings is 1. The number of aliphatic hydroxyl groups is 1.